The van der Waals surface area contributed by atoms with Gasteiger partial charge in [-0.05, 0) is 19.3 Å². The highest BCUT2D eigenvalue weighted by molar-refractivity contribution is 7.99. The molecule has 1 heterocycles. The van der Waals surface area contributed by atoms with Gasteiger partial charge in [0.1, 0.15) is 0 Å². The lowest BCUT2D eigenvalue weighted by Crippen LogP contribution is -2.52. The maximum Gasteiger partial charge on any atom is 0.317 e. The second-order valence-electron chi connectivity index (χ2n) is 6.20. The van der Waals surface area contributed by atoms with E-state index in [0.29, 0.717) is 18.2 Å². The predicted octanol–water partition coefficient (Wildman–Crippen LogP) is 2.80. The number of carbonyl (C=O) groups is 2. The molecule has 1 aliphatic heterocycles. The Bertz CT molecular complexity index is 350. The first-order chi connectivity index (χ1) is 9.90. The highest BCUT2D eigenvalue weighted by atomic mass is 32.2. The molecule has 0 aromatic carbocycles. The quantitative estimate of drug-likeness (QED) is 0.758. The van der Waals surface area contributed by atoms with E-state index in [9.17, 15) is 9.59 Å². The molecule has 6 heteroatoms. The molecule has 1 rings (SSSR count). The number of amides is 2. The Morgan fingerprint density at radius 2 is 2.05 bits per heavy atom. The minimum atomic E-state index is -0.842. The lowest BCUT2D eigenvalue weighted by molar-refractivity contribution is -0.137. The molecule has 2 unspecified atom stereocenters. The fourth-order valence-corrected chi connectivity index (χ4v) is 3.55. The van der Waals surface area contributed by atoms with Crippen LogP contribution in [0.5, 0.6) is 0 Å². The minimum absolute atomic E-state index is 0.0299. The van der Waals surface area contributed by atoms with Crippen LogP contribution in [-0.4, -0.2) is 52.1 Å². The third-order valence-corrected chi connectivity index (χ3v) is 4.78. The Morgan fingerprint density at radius 3 is 2.67 bits per heavy atom. The number of carboxylic acid groups (broad SMARTS) is 1. The number of rotatable bonds is 7. The van der Waals surface area contributed by atoms with E-state index in [-0.39, 0.29) is 24.5 Å². The van der Waals surface area contributed by atoms with E-state index in [2.05, 4.69) is 19.2 Å². The van der Waals surface area contributed by atoms with Gasteiger partial charge in [-0.25, -0.2) is 4.79 Å². The zero-order valence-electron chi connectivity index (χ0n) is 13.3. The fraction of sp³-hybridized carbons (Fsp3) is 0.867. The Morgan fingerprint density at radius 1 is 1.33 bits per heavy atom. The van der Waals surface area contributed by atoms with Crippen LogP contribution in [0.15, 0.2) is 0 Å². The molecule has 0 aromatic heterocycles. The summed E-state index contributed by atoms with van der Waals surface area (Å²) in [4.78, 5) is 24.9. The number of aliphatic carboxylic acids is 1. The van der Waals surface area contributed by atoms with E-state index in [1.54, 1.807) is 16.7 Å². The van der Waals surface area contributed by atoms with Crippen LogP contribution in [0.4, 0.5) is 4.79 Å². The van der Waals surface area contributed by atoms with Gasteiger partial charge in [-0.15, -0.1) is 0 Å². The van der Waals surface area contributed by atoms with Crippen molar-refractivity contribution in [2.24, 2.45) is 5.92 Å². The molecule has 1 saturated heterocycles. The van der Waals surface area contributed by atoms with Gasteiger partial charge in [0.2, 0.25) is 0 Å². The standard InChI is InChI=1S/C15H28N2O3S/c1-11(2)5-4-6-12(3)16-15(20)17-7-8-21-10-13(17)9-14(18)19/h11-13H,4-10H2,1-3H3,(H,16,20)(H,18,19). The number of nitrogens with zero attached hydrogens (tertiary/aromatic N) is 1. The van der Waals surface area contributed by atoms with E-state index in [0.717, 1.165) is 18.6 Å². The monoisotopic (exact) mass is 316 g/mol. The molecule has 0 aromatic rings. The molecular formula is C15H28N2O3S. The number of urea groups is 1. The first-order valence-electron chi connectivity index (χ1n) is 7.76. The molecular weight excluding hydrogens is 288 g/mol. The number of hydrogen-bond donors (Lipinski definition) is 2. The van der Waals surface area contributed by atoms with Crippen molar-refractivity contribution in [2.75, 3.05) is 18.1 Å². The van der Waals surface area contributed by atoms with Gasteiger partial charge in [0.05, 0.1) is 12.5 Å². The number of hydrogen-bond acceptors (Lipinski definition) is 3. The summed E-state index contributed by atoms with van der Waals surface area (Å²) in [6, 6.07) is -0.168. The third-order valence-electron chi connectivity index (χ3n) is 3.69. The van der Waals surface area contributed by atoms with Crippen molar-refractivity contribution in [3.05, 3.63) is 0 Å². The summed E-state index contributed by atoms with van der Waals surface area (Å²) in [6.07, 6.45) is 3.27. The molecule has 1 fully saturated rings. The van der Waals surface area contributed by atoms with E-state index < -0.39 is 5.97 Å². The predicted molar refractivity (Wildman–Crippen MR) is 86.8 cm³/mol. The van der Waals surface area contributed by atoms with Crippen LogP contribution in [0.3, 0.4) is 0 Å². The third kappa shape index (κ3) is 7.07. The average molecular weight is 316 g/mol. The van der Waals surface area contributed by atoms with Crippen molar-refractivity contribution < 1.29 is 14.7 Å². The topological polar surface area (TPSA) is 69.6 Å². The molecule has 0 aliphatic carbocycles. The van der Waals surface area contributed by atoms with Gasteiger partial charge in [0.15, 0.2) is 0 Å². The highest BCUT2D eigenvalue weighted by Crippen LogP contribution is 2.19. The number of thioether (sulfide) groups is 1. The zero-order valence-corrected chi connectivity index (χ0v) is 14.1. The summed E-state index contributed by atoms with van der Waals surface area (Å²) in [5.74, 6) is 1.43. The zero-order chi connectivity index (χ0) is 15.8. The maximum absolute atomic E-state index is 12.3. The Balaban J connectivity index is 2.42. The molecule has 2 amide bonds. The van der Waals surface area contributed by atoms with Crippen molar-refractivity contribution in [3.8, 4) is 0 Å². The van der Waals surface area contributed by atoms with Crippen molar-refractivity contribution in [3.63, 3.8) is 0 Å². The van der Waals surface area contributed by atoms with Crippen LogP contribution in [0, 0.1) is 5.92 Å². The molecule has 0 saturated carbocycles. The maximum atomic E-state index is 12.3. The van der Waals surface area contributed by atoms with Gasteiger partial charge in [0.25, 0.3) is 0 Å². The summed E-state index contributed by atoms with van der Waals surface area (Å²) >= 11 is 1.72. The molecule has 122 valence electrons. The summed E-state index contributed by atoms with van der Waals surface area (Å²) in [7, 11) is 0. The van der Waals surface area contributed by atoms with Crippen LogP contribution in [-0.2, 0) is 4.79 Å². The van der Waals surface area contributed by atoms with Crippen LogP contribution in [0.1, 0.15) is 46.5 Å². The lowest BCUT2D eigenvalue weighted by atomic mass is 10.0. The van der Waals surface area contributed by atoms with Crippen molar-refractivity contribution in [1.29, 1.82) is 0 Å². The highest BCUT2D eigenvalue weighted by Gasteiger charge is 2.29. The lowest BCUT2D eigenvalue weighted by Gasteiger charge is -2.35. The van der Waals surface area contributed by atoms with Crippen LogP contribution < -0.4 is 5.32 Å². The molecule has 0 spiro atoms. The first-order valence-corrected chi connectivity index (χ1v) is 8.92. The van der Waals surface area contributed by atoms with Gasteiger partial charge in [-0.3, -0.25) is 4.79 Å². The molecule has 2 N–H and O–H groups in total. The normalized spacial score (nSPS) is 20.4. The number of carbonyl (C=O) groups excluding carboxylic acids is 1. The molecule has 5 nitrogen and oxygen atoms in total. The van der Waals surface area contributed by atoms with Crippen LogP contribution in [0.2, 0.25) is 0 Å². The summed E-state index contributed by atoms with van der Waals surface area (Å²) in [6.45, 7) is 7.05. The second-order valence-corrected chi connectivity index (χ2v) is 7.35. The molecule has 21 heavy (non-hydrogen) atoms. The van der Waals surface area contributed by atoms with E-state index in [1.807, 2.05) is 6.92 Å². The van der Waals surface area contributed by atoms with Gasteiger partial charge in [0, 0.05) is 24.1 Å². The Hall–Kier alpha value is -0.910. The molecule has 1 aliphatic rings. The van der Waals surface area contributed by atoms with Crippen molar-refractivity contribution >= 4 is 23.8 Å². The van der Waals surface area contributed by atoms with E-state index >= 15 is 0 Å². The molecule has 0 bridgehead atoms. The number of nitrogens with one attached hydrogen (secondary N) is 1. The van der Waals surface area contributed by atoms with Crippen molar-refractivity contribution in [1.82, 2.24) is 10.2 Å². The average Bonchev–Trinajstić information content (AvgIpc) is 2.37. The largest absolute Gasteiger partial charge is 0.481 e. The first kappa shape index (κ1) is 18.1. The molecule has 2 atom stereocenters. The van der Waals surface area contributed by atoms with Gasteiger partial charge in [-0.2, -0.15) is 11.8 Å². The van der Waals surface area contributed by atoms with Gasteiger partial charge < -0.3 is 15.3 Å². The fourth-order valence-electron chi connectivity index (χ4n) is 2.49. The summed E-state index contributed by atoms with van der Waals surface area (Å²) in [5.41, 5.74) is 0. The van der Waals surface area contributed by atoms with Gasteiger partial charge in [-0.1, -0.05) is 26.7 Å². The van der Waals surface area contributed by atoms with Crippen LogP contribution >= 0.6 is 11.8 Å². The Labute approximate surface area is 131 Å². The molecule has 0 radical (unpaired) electrons. The van der Waals surface area contributed by atoms with E-state index in [4.69, 9.17) is 5.11 Å². The minimum Gasteiger partial charge on any atom is -0.481 e. The van der Waals surface area contributed by atoms with E-state index in [1.165, 1.54) is 6.42 Å². The van der Waals surface area contributed by atoms with Crippen molar-refractivity contribution in [2.45, 2.75) is 58.5 Å². The summed E-state index contributed by atoms with van der Waals surface area (Å²) < 4.78 is 0. The summed E-state index contributed by atoms with van der Waals surface area (Å²) in [5, 5.41) is 12.0. The number of carboxylic acids is 1. The van der Waals surface area contributed by atoms with Gasteiger partial charge >= 0.3 is 12.0 Å². The Kier molecular flexibility index (Phi) is 7.93. The second kappa shape index (κ2) is 9.18. The SMILES string of the molecule is CC(C)CCCC(C)NC(=O)N1CCSCC1CC(=O)O. The smallest absolute Gasteiger partial charge is 0.317 e. The van der Waals surface area contributed by atoms with Crippen LogP contribution in [0.25, 0.3) is 0 Å².